The van der Waals surface area contributed by atoms with Crippen LogP contribution in [0.3, 0.4) is 0 Å². The van der Waals surface area contributed by atoms with Crippen molar-refractivity contribution in [3.63, 3.8) is 0 Å². The molecule has 1 rings (SSSR count). The molecule has 0 aromatic heterocycles. The molecule has 0 atom stereocenters. The van der Waals surface area contributed by atoms with Crippen LogP contribution in [0.2, 0.25) is 0 Å². The third kappa shape index (κ3) is 3.05. The van der Waals surface area contributed by atoms with Gasteiger partial charge in [-0.05, 0) is 23.6 Å². The first-order chi connectivity index (χ1) is 7.60. The fourth-order valence-electron chi connectivity index (χ4n) is 1.62. The van der Waals surface area contributed by atoms with E-state index in [9.17, 15) is 0 Å². The van der Waals surface area contributed by atoms with Gasteiger partial charge in [-0.2, -0.15) is 0 Å². The van der Waals surface area contributed by atoms with Gasteiger partial charge in [0.1, 0.15) is 5.75 Å². The first-order valence-electron chi connectivity index (χ1n) is 5.55. The highest BCUT2D eigenvalue weighted by molar-refractivity contribution is 6.18. The number of hydrogen-bond acceptors (Lipinski definition) is 2. The van der Waals surface area contributed by atoms with Crippen molar-refractivity contribution >= 4 is 17.3 Å². The molecule has 16 heavy (non-hydrogen) atoms. The number of alkyl halides is 1. The van der Waals surface area contributed by atoms with Crippen LogP contribution in [0.5, 0.6) is 5.75 Å². The summed E-state index contributed by atoms with van der Waals surface area (Å²) in [6, 6.07) is 6.35. The molecule has 0 unspecified atom stereocenters. The van der Waals surface area contributed by atoms with Gasteiger partial charge in [-0.25, -0.2) is 0 Å². The van der Waals surface area contributed by atoms with Crippen LogP contribution in [0, 0.1) is 0 Å². The van der Waals surface area contributed by atoms with Gasteiger partial charge in [0, 0.05) is 19.5 Å². The normalized spacial score (nSPS) is 10.6. The highest BCUT2D eigenvalue weighted by Gasteiger charge is 2.09. The van der Waals surface area contributed by atoms with Gasteiger partial charge in [-0.3, -0.25) is 0 Å². The molecule has 1 aromatic rings. The lowest BCUT2D eigenvalue weighted by molar-refractivity contribution is 0.414. The van der Waals surface area contributed by atoms with E-state index in [0.29, 0.717) is 11.8 Å². The fraction of sp³-hybridized carbons (Fsp3) is 0.538. The van der Waals surface area contributed by atoms with E-state index in [1.165, 1.54) is 5.56 Å². The largest absolute Gasteiger partial charge is 0.495 e. The molecular formula is C13H20ClNO. The topological polar surface area (TPSA) is 12.5 Å². The Hall–Kier alpha value is -0.890. The molecule has 0 fully saturated rings. The zero-order valence-electron chi connectivity index (χ0n) is 10.5. The molecule has 0 heterocycles. The summed E-state index contributed by atoms with van der Waals surface area (Å²) in [5.74, 6) is 2.05. The standard InChI is InChI=1S/C13H20ClNO/c1-10(2)11-5-6-12(13(9-11)16-4)15(3)8-7-14/h5-6,9-10H,7-8H2,1-4H3. The van der Waals surface area contributed by atoms with Crippen LogP contribution in [0.15, 0.2) is 18.2 Å². The highest BCUT2D eigenvalue weighted by atomic mass is 35.5. The van der Waals surface area contributed by atoms with E-state index < -0.39 is 0 Å². The van der Waals surface area contributed by atoms with Crippen molar-refractivity contribution < 1.29 is 4.74 Å². The van der Waals surface area contributed by atoms with Crippen LogP contribution in [0.25, 0.3) is 0 Å². The monoisotopic (exact) mass is 241 g/mol. The van der Waals surface area contributed by atoms with Crippen LogP contribution in [-0.2, 0) is 0 Å². The van der Waals surface area contributed by atoms with Crippen molar-refractivity contribution in [2.45, 2.75) is 19.8 Å². The molecular weight excluding hydrogens is 222 g/mol. The van der Waals surface area contributed by atoms with Crippen molar-refractivity contribution in [2.75, 3.05) is 31.5 Å². The molecule has 0 aliphatic rings. The van der Waals surface area contributed by atoms with Crippen molar-refractivity contribution in [3.8, 4) is 5.75 Å². The molecule has 0 amide bonds. The Morgan fingerprint density at radius 3 is 2.56 bits per heavy atom. The molecule has 2 nitrogen and oxygen atoms in total. The summed E-state index contributed by atoms with van der Waals surface area (Å²) in [5.41, 5.74) is 2.38. The third-order valence-corrected chi connectivity index (χ3v) is 2.87. The second kappa shape index (κ2) is 6.00. The quantitative estimate of drug-likeness (QED) is 0.732. The number of methoxy groups -OCH3 is 1. The van der Waals surface area contributed by atoms with Gasteiger partial charge in [0.05, 0.1) is 12.8 Å². The Balaban J connectivity index is 3.01. The molecule has 0 radical (unpaired) electrons. The molecule has 0 saturated carbocycles. The minimum absolute atomic E-state index is 0.515. The number of nitrogens with zero attached hydrogens (tertiary/aromatic N) is 1. The van der Waals surface area contributed by atoms with E-state index in [1.54, 1.807) is 7.11 Å². The number of benzene rings is 1. The first-order valence-corrected chi connectivity index (χ1v) is 6.08. The Morgan fingerprint density at radius 2 is 2.06 bits per heavy atom. The van der Waals surface area contributed by atoms with Crippen LogP contribution in [-0.4, -0.2) is 26.6 Å². The van der Waals surface area contributed by atoms with Gasteiger partial charge >= 0.3 is 0 Å². The first kappa shape index (κ1) is 13.2. The minimum atomic E-state index is 0.515. The predicted octanol–water partition coefficient (Wildman–Crippen LogP) is 3.49. The molecule has 0 aliphatic carbocycles. The van der Waals surface area contributed by atoms with Crippen LogP contribution in [0.1, 0.15) is 25.3 Å². The lowest BCUT2D eigenvalue weighted by atomic mass is 10.0. The third-order valence-electron chi connectivity index (χ3n) is 2.70. The number of anilines is 1. The van der Waals surface area contributed by atoms with Gasteiger partial charge < -0.3 is 9.64 Å². The Kier molecular flexibility index (Phi) is 4.94. The van der Waals surface area contributed by atoms with E-state index in [-0.39, 0.29) is 0 Å². The van der Waals surface area contributed by atoms with Crippen molar-refractivity contribution in [2.24, 2.45) is 0 Å². The van der Waals surface area contributed by atoms with Crippen molar-refractivity contribution in [1.82, 2.24) is 0 Å². The summed E-state index contributed by atoms with van der Waals surface area (Å²) in [4.78, 5) is 2.11. The van der Waals surface area contributed by atoms with E-state index >= 15 is 0 Å². The van der Waals surface area contributed by atoms with E-state index in [2.05, 4.69) is 36.9 Å². The molecule has 3 heteroatoms. The van der Waals surface area contributed by atoms with Gasteiger partial charge in [0.15, 0.2) is 0 Å². The van der Waals surface area contributed by atoms with Crippen LogP contribution < -0.4 is 9.64 Å². The summed E-state index contributed by atoms with van der Waals surface area (Å²) >= 11 is 5.74. The number of hydrogen-bond donors (Lipinski definition) is 0. The molecule has 90 valence electrons. The highest BCUT2D eigenvalue weighted by Crippen LogP contribution is 2.30. The van der Waals surface area contributed by atoms with E-state index in [1.807, 2.05) is 7.05 Å². The number of rotatable bonds is 5. The summed E-state index contributed by atoms with van der Waals surface area (Å²) in [6.45, 7) is 5.17. The fourth-order valence-corrected chi connectivity index (χ4v) is 1.87. The molecule has 0 saturated heterocycles. The summed E-state index contributed by atoms with van der Waals surface area (Å²) in [6.07, 6.45) is 0. The zero-order chi connectivity index (χ0) is 12.1. The maximum atomic E-state index is 5.74. The SMILES string of the molecule is COc1cc(C(C)C)ccc1N(C)CCCl. The maximum absolute atomic E-state index is 5.74. The second-order valence-corrected chi connectivity index (χ2v) is 4.57. The lowest BCUT2D eigenvalue weighted by Crippen LogP contribution is -2.20. The Labute approximate surface area is 103 Å². The van der Waals surface area contributed by atoms with Gasteiger partial charge in [0.2, 0.25) is 0 Å². The molecule has 0 aliphatic heterocycles. The average Bonchev–Trinajstić information content (AvgIpc) is 2.28. The summed E-state index contributed by atoms with van der Waals surface area (Å²) < 4.78 is 5.42. The molecule has 0 spiro atoms. The molecule has 1 aromatic carbocycles. The van der Waals surface area contributed by atoms with Gasteiger partial charge in [-0.15, -0.1) is 11.6 Å². The summed E-state index contributed by atoms with van der Waals surface area (Å²) in [7, 11) is 3.73. The maximum Gasteiger partial charge on any atom is 0.142 e. The second-order valence-electron chi connectivity index (χ2n) is 4.20. The molecule has 0 bridgehead atoms. The summed E-state index contributed by atoms with van der Waals surface area (Å²) in [5, 5.41) is 0. The van der Waals surface area contributed by atoms with Crippen LogP contribution in [0.4, 0.5) is 5.69 Å². The lowest BCUT2D eigenvalue weighted by Gasteiger charge is -2.21. The Bertz CT molecular complexity index is 339. The van der Waals surface area contributed by atoms with Gasteiger partial charge in [0.25, 0.3) is 0 Å². The van der Waals surface area contributed by atoms with Crippen molar-refractivity contribution in [1.29, 1.82) is 0 Å². The smallest absolute Gasteiger partial charge is 0.142 e. The van der Waals surface area contributed by atoms with E-state index in [4.69, 9.17) is 16.3 Å². The van der Waals surface area contributed by atoms with Crippen molar-refractivity contribution in [3.05, 3.63) is 23.8 Å². The van der Waals surface area contributed by atoms with Crippen LogP contribution >= 0.6 is 11.6 Å². The van der Waals surface area contributed by atoms with Gasteiger partial charge in [-0.1, -0.05) is 19.9 Å². The minimum Gasteiger partial charge on any atom is -0.495 e. The number of halogens is 1. The number of ether oxygens (including phenoxy) is 1. The van der Waals surface area contributed by atoms with E-state index in [0.717, 1.165) is 18.0 Å². The average molecular weight is 242 g/mol. The zero-order valence-corrected chi connectivity index (χ0v) is 11.2. The predicted molar refractivity (Wildman–Crippen MR) is 71.1 cm³/mol. The molecule has 0 N–H and O–H groups in total. The Morgan fingerprint density at radius 1 is 1.38 bits per heavy atom.